The zero-order valence-corrected chi connectivity index (χ0v) is 10.9. The van der Waals surface area contributed by atoms with E-state index in [1.165, 1.54) is 31.4 Å². The van der Waals surface area contributed by atoms with Crippen molar-refractivity contribution in [2.24, 2.45) is 0 Å². The zero-order valence-electron chi connectivity index (χ0n) is 9.36. The van der Waals surface area contributed by atoms with E-state index in [9.17, 15) is 10.1 Å². The summed E-state index contributed by atoms with van der Waals surface area (Å²) in [6.07, 6.45) is 3.66. The van der Waals surface area contributed by atoms with Crippen LogP contribution in [0.25, 0.3) is 0 Å². The van der Waals surface area contributed by atoms with E-state index in [-0.39, 0.29) is 5.69 Å². The second-order valence-corrected chi connectivity index (χ2v) is 4.94. The molecule has 1 aromatic rings. The first-order valence-corrected chi connectivity index (χ1v) is 6.41. The van der Waals surface area contributed by atoms with Gasteiger partial charge in [-0.3, -0.25) is 10.1 Å². The molecule has 1 heterocycles. The third-order valence-electron chi connectivity index (χ3n) is 2.80. The molecule has 17 heavy (non-hydrogen) atoms. The van der Waals surface area contributed by atoms with E-state index in [0.29, 0.717) is 0 Å². The van der Waals surface area contributed by atoms with Crippen LogP contribution in [0.4, 0.5) is 11.4 Å². The Bertz CT molecular complexity index is 419. The van der Waals surface area contributed by atoms with Gasteiger partial charge < -0.3 is 5.43 Å². The van der Waals surface area contributed by atoms with Gasteiger partial charge in [0.25, 0.3) is 5.69 Å². The molecular formula is C11H14BrN3O2. The predicted octanol–water partition coefficient (Wildman–Crippen LogP) is 3.17. The fourth-order valence-corrected chi connectivity index (χ4v) is 2.34. The molecule has 0 atom stereocenters. The van der Waals surface area contributed by atoms with Crippen LogP contribution in [0.15, 0.2) is 22.7 Å². The Kier molecular flexibility index (Phi) is 3.96. The fraction of sp³-hybridized carbons (Fsp3) is 0.455. The van der Waals surface area contributed by atoms with Gasteiger partial charge in [0.1, 0.15) is 0 Å². The van der Waals surface area contributed by atoms with Crippen LogP contribution in [0.1, 0.15) is 19.3 Å². The molecule has 2 rings (SSSR count). The predicted molar refractivity (Wildman–Crippen MR) is 69.8 cm³/mol. The molecule has 1 aliphatic rings. The van der Waals surface area contributed by atoms with Gasteiger partial charge >= 0.3 is 0 Å². The molecule has 92 valence electrons. The van der Waals surface area contributed by atoms with Gasteiger partial charge in [0.15, 0.2) is 0 Å². The second kappa shape index (κ2) is 5.46. The Labute approximate surface area is 108 Å². The van der Waals surface area contributed by atoms with E-state index in [4.69, 9.17) is 0 Å². The van der Waals surface area contributed by atoms with Crippen LogP contribution in [0.5, 0.6) is 0 Å². The second-order valence-electron chi connectivity index (χ2n) is 4.08. The Balaban J connectivity index is 2.08. The van der Waals surface area contributed by atoms with Crippen LogP contribution in [-0.2, 0) is 0 Å². The van der Waals surface area contributed by atoms with E-state index >= 15 is 0 Å². The maximum absolute atomic E-state index is 10.6. The Hall–Kier alpha value is -1.14. The lowest BCUT2D eigenvalue weighted by molar-refractivity contribution is -0.384. The number of nitrogens with one attached hydrogen (secondary N) is 1. The van der Waals surface area contributed by atoms with Crippen molar-refractivity contribution in [2.45, 2.75) is 19.3 Å². The van der Waals surface area contributed by atoms with E-state index in [0.717, 1.165) is 23.2 Å². The van der Waals surface area contributed by atoms with Gasteiger partial charge in [-0.05, 0) is 34.8 Å². The molecule has 6 heteroatoms. The number of rotatable bonds is 3. The highest BCUT2D eigenvalue weighted by molar-refractivity contribution is 9.10. The average Bonchev–Trinajstić information content (AvgIpc) is 2.33. The molecule has 0 radical (unpaired) electrons. The summed E-state index contributed by atoms with van der Waals surface area (Å²) in [7, 11) is 0. The minimum atomic E-state index is -0.393. The van der Waals surface area contributed by atoms with Crippen molar-refractivity contribution in [3.8, 4) is 0 Å². The van der Waals surface area contributed by atoms with Crippen molar-refractivity contribution in [3.63, 3.8) is 0 Å². The Morgan fingerprint density at radius 1 is 1.29 bits per heavy atom. The highest BCUT2D eigenvalue weighted by atomic mass is 79.9. The van der Waals surface area contributed by atoms with E-state index in [2.05, 4.69) is 26.4 Å². The smallest absolute Gasteiger partial charge is 0.270 e. The molecule has 1 N–H and O–H groups in total. The number of anilines is 1. The molecule has 1 aliphatic heterocycles. The first kappa shape index (κ1) is 12.3. The SMILES string of the molecule is O=[N+]([O-])c1ccc(NN2CCCCC2)c(Br)c1. The summed E-state index contributed by atoms with van der Waals surface area (Å²) < 4.78 is 0.720. The van der Waals surface area contributed by atoms with Gasteiger partial charge in [0.05, 0.1) is 10.6 Å². The van der Waals surface area contributed by atoms with Crippen molar-refractivity contribution in [1.29, 1.82) is 0 Å². The molecule has 0 spiro atoms. The topological polar surface area (TPSA) is 58.4 Å². The standard InChI is InChI=1S/C11H14BrN3O2/c12-10-8-9(15(16)17)4-5-11(10)13-14-6-2-1-3-7-14/h4-5,8,13H,1-3,6-7H2. The number of halogens is 1. The van der Waals surface area contributed by atoms with Crippen molar-refractivity contribution in [2.75, 3.05) is 18.5 Å². The average molecular weight is 300 g/mol. The van der Waals surface area contributed by atoms with Crippen LogP contribution in [-0.4, -0.2) is 23.0 Å². The minimum Gasteiger partial charge on any atom is -0.318 e. The van der Waals surface area contributed by atoms with Crippen LogP contribution < -0.4 is 5.43 Å². The number of benzene rings is 1. The lowest BCUT2D eigenvalue weighted by atomic mass is 10.2. The molecular weight excluding hydrogens is 286 g/mol. The monoisotopic (exact) mass is 299 g/mol. The number of nitrogens with zero attached hydrogens (tertiary/aromatic N) is 2. The Morgan fingerprint density at radius 3 is 2.59 bits per heavy atom. The van der Waals surface area contributed by atoms with Crippen molar-refractivity contribution >= 4 is 27.3 Å². The van der Waals surface area contributed by atoms with Crippen LogP contribution in [0.2, 0.25) is 0 Å². The Morgan fingerprint density at radius 2 is 2.00 bits per heavy atom. The third-order valence-corrected chi connectivity index (χ3v) is 3.45. The summed E-state index contributed by atoms with van der Waals surface area (Å²) in [5, 5.41) is 12.8. The van der Waals surface area contributed by atoms with Crippen LogP contribution in [0.3, 0.4) is 0 Å². The number of hydrogen-bond donors (Lipinski definition) is 1. The van der Waals surface area contributed by atoms with Crippen molar-refractivity contribution in [3.05, 3.63) is 32.8 Å². The molecule has 5 nitrogen and oxygen atoms in total. The van der Waals surface area contributed by atoms with Gasteiger partial charge in [0, 0.05) is 29.7 Å². The molecule has 0 saturated carbocycles. The highest BCUT2D eigenvalue weighted by Crippen LogP contribution is 2.27. The zero-order chi connectivity index (χ0) is 12.3. The summed E-state index contributed by atoms with van der Waals surface area (Å²) in [6.45, 7) is 2.03. The maximum atomic E-state index is 10.6. The highest BCUT2D eigenvalue weighted by Gasteiger charge is 2.13. The number of hydrogen-bond acceptors (Lipinski definition) is 4. The van der Waals surface area contributed by atoms with Gasteiger partial charge in [0.2, 0.25) is 0 Å². The van der Waals surface area contributed by atoms with Crippen molar-refractivity contribution < 1.29 is 4.92 Å². The molecule has 0 aromatic heterocycles. The van der Waals surface area contributed by atoms with E-state index < -0.39 is 4.92 Å². The number of nitro benzene ring substituents is 1. The summed E-state index contributed by atoms with van der Waals surface area (Å²) in [5.74, 6) is 0. The van der Waals surface area contributed by atoms with E-state index in [1.807, 2.05) is 0 Å². The summed E-state index contributed by atoms with van der Waals surface area (Å²) in [5.41, 5.74) is 4.25. The molecule has 0 amide bonds. The van der Waals surface area contributed by atoms with Crippen LogP contribution >= 0.6 is 15.9 Å². The molecule has 0 unspecified atom stereocenters. The van der Waals surface area contributed by atoms with Crippen molar-refractivity contribution in [1.82, 2.24) is 5.01 Å². The number of piperidine rings is 1. The van der Waals surface area contributed by atoms with Gasteiger partial charge in [-0.25, -0.2) is 5.01 Å². The largest absolute Gasteiger partial charge is 0.318 e. The third kappa shape index (κ3) is 3.17. The quantitative estimate of drug-likeness (QED) is 0.688. The van der Waals surface area contributed by atoms with Gasteiger partial charge in [-0.1, -0.05) is 6.42 Å². The summed E-state index contributed by atoms with van der Waals surface area (Å²) >= 11 is 3.35. The lowest BCUT2D eigenvalue weighted by Crippen LogP contribution is -2.34. The fourth-order valence-electron chi connectivity index (χ4n) is 1.88. The molecule has 1 fully saturated rings. The van der Waals surface area contributed by atoms with Gasteiger partial charge in [-0.2, -0.15) is 0 Å². The summed E-state index contributed by atoms with van der Waals surface area (Å²) in [6, 6.07) is 4.76. The molecule has 1 saturated heterocycles. The number of non-ortho nitro benzene ring substituents is 1. The maximum Gasteiger partial charge on any atom is 0.270 e. The molecule has 1 aromatic carbocycles. The first-order valence-electron chi connectivity index (χ1n) is 5.62. The molecule has 0 bridgehead atoms. The van der Waals surface area contributed by atoms with Crippen LogP contribution in [0, 0.1) is 10.1 Å². The number of hydrazine groups is 1. The number of nitro groups is 1. The van der Waals surface area contributed by atoms with Gasteiger partial charge in [-0.15, -0.1) is 0 Å². The summed E-state index contributed by atoms with van der Waals surface area (Å²) in [4.78, 5) is 10.2. The van der Waals surface area contributed by atoms with E-state index in [1.54, 1.807) is 6.07 Å². The lowest BCUT2D eigenvalue weighted by Gasteiger charge is -2.28. The molecule has 0 aliphatic carbocycles. The normalized spacial score (nSPS) is 16.8. The minimum absolute atomic E-state index is 0.0982. The first-order chi connectivity index (χ1) is 8.16.